The summed E-state index contributed by atoms with van der Waals surface area (Å²) in [5.41, 5.74) is 2.32. The van der Waals surface area contributed by atoms with E-state index in [9.17, 15) is 5.11 Å². The summed E-state index contributed by atoms with van der Waals surface area (Å²) in [6, 6.07) is 0. The molecular formula is C13H20O. The van der Waals surface area contributed by atoms with Crippen molar-refractivity contribution in [3.05, 3.63) is 36.5 Å². The van der Waals surface area contributed by atoms with Gasteiger partial charge in [-0.15, -0.1) is 0 Å². The van der Waals surface area contributed by atoms with Gasteiger partial charge in [0.2, 0.25) is 0 Å². The number of aliphatic hydroxyl groups is 1. The summed E-state index contributed by atoms with van der Waals surface area (Å²) in [5, 5.41) is 10.0. The van der Waals surface area contributed by atoms with Crippen molar-refractivity contribution in [2.24, 2.45) is 5.41 Å². The van der Waals surface area contributed by atoms with E-state index in [4.69, 9.17) is 0 Å². The van der Waals surface area contributed by atoms with Crippen LogP contribution in [0.15, 0.2) is 36.5 Å². The van der Waals surface area contributed by atoms with Crippen molar-refractivity contribution in [2.75, 3.05) is 0 Å². The molecule has 0 bridgehead atoms. The predicted octanol–water partition coefficient (Wildman–Crippen LogP) is 3.23. The van der Waals surface area contributed by atoms with Crippen molar-refractivity contribution in [3.8, 4) is 0 Å². The fourth-order valence-electron chi connectivity index (χ4n) is 2.05. The summed E-state index contributed by atoms with van der Waals surface area (Å²) in [7, 11) is 0. The molecule has 1 heteroatoms. The monoisotopic (exact) mass is 192 g/mol. The summed E-state index contributed by atoms with van der Waals surface area (Å²) in [6.45, 7) is 11.9. The van der Waals surface area contributed by atoms with Crippen LogP contribution in [0, 0.1) is 5.41 Å². The minimum absolute atomic E-state index is 0.207. The van der Waals surface area contributed by atoms with Gasteiger partial charge in [-0.05, 0) is 35.8 Å². The number of hydrogen-bond donors (Lipinski definition) is 1. The molecule has 0 saturated carbocycles. The second-order valence-electron chi connectivity index (χ2n) is 4.77. The van der Waals surface area contributed by atoms with Crippen molar-refractivity contribution in [2.45, 2.75) is 39.2 Å². The van der Waals surface area contributed by atoms with Crippen LogP contribution in [-0.2, 0) is 0 Å². The first-order valence-electron chi connectivity index (χ1n) is 5.16. The lowest BCUT2D eigenvalue weighted by Crippen LogP contribution is -2.19. The largest absolute Gasteiger partial charge is 0.388 e. The van der Waals surface area contributed by atoms with E-state index in [1.54, 1.807) is 6.08 Å². The maximum Gasteiger partial charge on any atom is 0.0797 e. The molecule has 0 saturated heterocycles. The third-order valence-electron chi connectivity index (χ3n) is 3.01. The Balaban J connectivity index is 3.00. The maximum atomic E-state index is 10.0. The van der Waals surface area contributed by atoms with E-state index in [0.717, 1.165) is 30.4 Å². The van der Waals surface area contributed by atoms with Gasteiger partial charge >= 0.3 is 0 Å². The molecule has 0 spiro atoms. The quantitative estimate of drug-likeness (QED) is 0.712. The van der Waals surface area contributed by atoms with Crippen LogP contribution in [0.3, 0.4) is 0 Å². The molecule has 1 rings (SSSR count). The Morgan fingerprint density at radius 3 is 2.50 bits per heavy atom. The van der Waals surface area contributed by atoms with Crippen molar-refractivity contribution >= 4 is 0 Å². The van der Waals surface area contributed by atoms with Gasteiger partial charge in [-0.1, -0.05) is 39.2 Å². The van der Waals surface area contributed by atoms with Crippen LogP contribution in [0.4, 0.5) is 0 Å². The minimum Gasteiger partial charge on any atom is -0.388 e. The first-order valence-corrected chi connectivity index (χ1v) is 5.16. The van der Waals surface area contributed by atoms with Gasteiger partial charge in [0.25, 0.3) is 0 Å². The lowest BCUT2D eigenvalue weighted by Gasteiger charge is -2.24. The number of rotatable bonds is 2. The molecular weight excluding hydrogens is 172 g/mol. The van der Waals surface area contributed by atoms with E-state index < -0.39 is 0 Å². The van der Waals surface area contributed by atoms with E-state index in [1.807, 2.05) is 6.08 Å². The Labute approximate surface area is 86.8 Å². The SMILES string of the molecule is C=CC1=C(C=C)C(O)CC(C)(C)CC1. The van der Waals surface area contributed by atoms with Gasteiger partial charge in [0.05, 0.1) is 6.10 Å². The molecule has 1 unspecified atom stereocenters. The van der Waals surface area contributed by atoms with E-state index in [1.165, 1.54) is 0 Å². The highest BCUT2D eigenvalue weighted by atomic mass is 16.3. The molecule has 1 aliphatic carbocycles. The molecule has 0 aromatic rings. The summed E-state index contributed by atoms with van der Waals surface area (Å²) < 4.78 is 0. The molecule has 1 N–H and O–H groups in total. The number of allylic oxidation sites excluding steroid dienone is 2. The average Bonchev–Trinajstić information content (AvgIpc) is 2.20. The highest BCUT2D eigenvalue weighted by Crippen LogP contribution is 2.37. The van der Waals surface area contributed by atoms with Crippen LogP contribution in [0.1, 0.15) is 33.1 Å². The van der Waals surface area contributed by atoms with Crippen molar-refractivity contribution in [1.82, 2.24) is 0 Å². The number of hydrogen-bond acceptors (Lipinski definition) is 1. The molecule has 0 heterocycles. The fourth-order valence-corrected chi connectivity index (χ4v) is 2.05. The molecule has 0 fully saturated rings. The topological polar surface area (TPSA) is 20.2 Å². The lowest BCUT2D eigenvalue weighted by atomic mass is 9.83. The highest BCUT2D eigenvalue weighted by molar-refractivity contribution is 5.35. The Morgan fingerprint density at radius 1 is 1.36 bits per heavy atom. The smallest absolute Gasteiger partial charge is 0.0797 e. The molecule has 0 amide bonds. The van der Waals surface area contributed by atoms with Gasteiger partial charge in [0, 0.05) is 0 Å². The Hall–Kier alpha value is -0.820. The highest BCUT2D eigenvalue weighted by Gasteiger charge is 2.27. The molecule has 1 aliphatic rings. The Kier molecular flexibility index (Phi) is 3.33. The first kappa shape index (κ1) is 11.3. The van der Waals surface area contributed by atoms with E-state index in [-0.39, 0.29) is 11.5 Å². The van der Waals surface area contributed by atoms with Gasteiger partial charge in [-0.2, -0.15) is 0 Å². The van der Waals surface area contributed by atoms with Gasteiger partial charge in [-0.3, -0.25) is 0 Å². The van der Waals surface area contributed by atoms with Crippen molar-refractivity contribution in [1.29, 1.82) is 0 Å². The molecule has 1 atom stereocenters. The number of aliphatic hydroxyl groups excluding tert-OH is 1. The fraction of sp³-hybridized carbons (Fsp3) is 0.538. The van der Waals surface area contributed by atoms with Crippen LogP contribution in [0.2, 0.25) is 0 Å². The summed E-state index contributed by atoms with van der Waals surface area (Å²) in [6.07, 6.45) is 6.15. The van der Waals surface area contributed by atoms with Crippen molar-refractivity contribution in [3.63, 3.8) is 0 Å². The zero-order valence-electron chi connectivity index (χ0n) is 9.21. The lowest BCUT2D eigenvalue weighted by molar-refractivity contribution is 0.146. The van der Waals surface area contributed by atoms with Crippen LogP contribution < -0.4 is 0 Å². The van der Waals surface area contributed by atoms with E-state index in [2.05, 4.69) is 27.0 Å². The van der Waals surface area contributed by atoms with E-state index >= 15 is 0 Å². The van der Waals surface area contributed by atoms with Crippen LogP contribution in [0.25, 0.3) is 0 Å². The standard InChI is InChI=1S/C13H20O/c1-5-10-7-8-13(3,4)9-12(14)11(10)6-2/h5-6,12,14H,1-2,7-9H2,3-4H3. The summed E-state index contributed by atoms with van der Waals surface area (Å²) in [5.74, 6) is 0. The Morgan fingerprint density at radius 2 is 2.00 bits per heavy atom. The first-order chi connectivity index (χ1) is 6.50. The van der Waals surface area contributed by atoms with Gasteiger partial charge < -0.3 is 5.11 Å². The molecule has 14 heavy (non-hydrogen) atoms. The van der Waals surface area contributed by atoms with Crippen LogP contribution in [-0.4, -0.2) is 11.2 Å². The van der Waals surface area contributed by atoms with Crippen LogP contribution in [0.5, 0.6) is 0 Å². The maximum absolute atomic E-state index is 10.0. The van der Waals surface area contributed by atoms with Gasteiger partial charge in [-0.25, -0.2) is 0 Å². The normalized spacial score (nSPS) is 26.9. The molecule has 1 nitrogen and oxygen atoms in total. The third kappa shape index (κ3) is 2.36. The Bertz CT molecular complexity index is 271. The van der Waals surface area contributed by atoms with Crippen molar-refractivity contribution < 1.29 is 5.11 Å². The molecule has 0 aliphatic heterocycles. The minimum atomic E-state index is -0.377. The second-order valence-corrected chi connectivity index (χ2v) is 4.77. The zero-order valence-corrected chi connectivity index (χ0v) is 9.21. The molecule has 0 aromatic heterocycles. The molecule has 78 valence electrons. The van der Waals surface area contributed by atoms with E-state index in [0.29, 0.717) is 0 Å². The summed E-state index contributed by atoms with van der Waals surface area (Å²) in [4.78, 5) is 0. The second kappa shape index (κ2) is 4.14. The van der Waals surface area contributed by atoms with Gasteiger partial charge in [0.15, 0.2) is 0 Å². The average molecular weight is 192 g/mol. The molecule has 0 radical (unpaired) electrons. The van der Waals surface area contributed by atoms with Crippen LogP contribution >= 0.6 is 0 Å². The zero-order chi connectivity index (χ0) is 10.8. The predicted molar refractivity (Wildman–Crippen MR) is 61.1 cm³/mol. The molecule has 0 aromatic carbocycles. The third-order valence-corrected chi connectivity index (χ3v) is 3.01. The van der Waals surface area contributed by atoms with Gasteiger partial charge in [0.1, 0.15) is 0 Å². The summed E-state index contributed by atoms with van der Waals surface area (Å²) >= 11 is 0.